The third-order valence-corrected chi connectivity index (χ3v) is 3.01. The largest absolute Gasteiger partial charge is 0.491 e. The number of hydrogen-bond acceptors (Lipinski definition) is 6. The van der Waals surface area contributed by atoms with Crippen LogP contribution in [0.25, 0.3) is 0 Å². The van der Waals surface area contributed by atoms with Crippen molar-refractivity contribution in [1.29, 1.82) is 0 Å². The van der Waals surface area contributed by atoms with Crippen molar-refractivity contribution in [2.24, 2.45) is 0 Å². The van der Waals surface area contributed by atoms with Gasteiger partial charge < -0.3 is 15.2 Å². The lowest BCUT2D eigenvalue weighted by Crippen LogP contribution is -2.30. The van der Waals surface area contributed by atoms with E-state index in [-0.39, 0.29) is 13.2 Å². The molecule has 0 heterocycles. The zero-order chi connectivity index (χ0) is 15.7. The van der Waals surface area contributed by atoms with Gasteiger partial charge in [-0.25, -0.2) is 4.18 Å². The fraction of sp³-hybridized carbons (Fsp3) is 0.538. The minimum Gasteiger partial charge on any atom is -0.491 e. The van der Waals surface area contributed by atoms with Gasteiger partial charge in [0.1, 0.15) is 18.5 Å². The molecule has 21 heavy (non-hydrogen) atoms. The van der Waals surface area contributed by atoms with Gasteiger partial charge in [0.25, 0.3) is 0 Å². The second-order valence-corrected chi connectivity index (χ2v) is 5.51. The van der Waals surface area contributed by atoms with E-state index in [2.05, 4.69) is 4.18 Å². The summed E-state index contributed by atoms with van der Waals surface area (Å²) in [5.74, 6) is 0.479. The summed E-state index contributed by atoms with van der Waals surface area (Å²) in [6, 6.07) is 6.69. The first-order valence-electron chi connectivity index (χ1n) is 6.62. The number of ether oxygens (including phenoxy) is 2. The summed E-state index contributed by atoms with van der Waals surface area (Å²) in [5.41, 5.74) is 6.14. The Hall–Kier alpha value is -1.35. The number of unbranched alkanes of at least 4 members (excludes halogenated alkanes) is 1. The highest BCUT2D eigenvalue weighted by atomic mass is 32.3. The van der Waals surface area contributed by atoms with Crippen molar-refractivity contribution in [2.45, 2.75) is 25.9 Å². The molecule has 0 aromatic heterocycles. The molecule has 0 amide bonds. The topological polar surface area (TPSA) is 108 Å². The van der Waals surface area contributed by atoms with Crippen LogP contribution in [-0.4, -0.2) is 38.9 Å². The van der Waals surface area contributed by atoms with E-state index >= 15 is 0 Å². The van der Waals surface area contributed by atoms with Crippen molar-refractivity contribution in [3.63, 3.8) is 0 Å². The van der Waals surface area contributed by atoms with Crippen molar-refractivity contribution in [2.75, 3.05) is 25.6 Å². The van der Waals surface area contributed by atoms with Crippen LogP contribution in [0, 0.1) is 0 Å². The Morgan fingerprint density at radius 2 is 2.10 bits per heavy atom. The fourth-order valence-electron chi connectivity index (χ4n) is 1.53. The Kier molecular flexibility index (Phi) is 7.44. The summed E-state index contributed by atoms with van der Waals surface area (Å²) in [7, 11) is -4.56. The summed E-state index contributed by atoms with van der Waals surface area (Å²) in [6.45, 7) is 2.41. The van der Waals surface area contributed by atoms with Crippen LogP contribution >= 0.6 is 0 Å². The van der Waals surface area contributed by atoms with Crippen LogP contribution < -0.4 is 10.5 Å². The molecule has 0 saturated carbocycles. The average Bonchev–Trinajstić information content (AvgIpc) is 2.39. The van der Waals surface area contributed by atoms with Gasteiger partial charge in [-0.3, -0.25) is 4.55 Å². The monoisotopic (exact) mass is 319 g/mol. The Labute approximate surface area is 125 Å². The van der Waals surface area contributed by atoms with Crippen LogP contribution in [0.15, 0.2) is 24.3 Å². The van der Waals surface area contributed by atoms with Crippen LogP contribution in [0.4, 0.5) is 5.69 Å². The SMILES string of the molecule is CCCCOCC(COc1cccc(N)c1)OS(=O)(=O)O. The maximum atomic E-state index is 10.8. The molecule has 0 saturated heterocycles. The number of nitrogens with two attached hydrogens (primary N) is 1. The highest BCUT2D eigenvalue weighted by Gasteiger charge is 2.18. The van der Waals surface area contributed by atoms with Gasteiger partial charge in [-0.1, -0.05) is 19.4 Å². The summed E-state index contributed by atoms with van der Waals surface area (Å²) in [6.07, 6.45) is 0.886. The van der Waals surface area contributed by atoms with Crippen molar-refractivity contribution >= 4 is 16.1 Å². The molecule has 0 aliphatic carbocycles. The molecule has 1 unspecified atom stereocenters. The molecule has 1 rings (SSSR count). The maximum Gasteiger partial charge on any atom is 0.397 e. The van der Waals surface area contributed by atoms with Crippen LogP contribution in [0.5, 0.6) is 5.75 Å². The smallest absolute Gasteiger partial charge is 0.397 e. The van der Waals surface area contributed by atoms with Gasteiger partial charge in [0.15, 0.2) is 0 Å². The fourth-order valence-corrected chi connectivity index (χ4v) is 1.99. The zero-order valence-electron chi connectivity index (χ0n) is 11.9. The minimum absolute atomic E-state index is 0.00209. The van der Waals surface area contributed by atoms with Crippen LogP contribution in [0.2, 0.25) is 0 Å². The third-order valence-electron chi connectivity index (χ3n) is 2.50. The van der Waals surface area contributed by atoms with Crippen molar-refractivity contribution in [3.05, 3.63) is 24.3 Å². The van der Waals surface area contributed by atoms with Gasteiger partial charge in [-0.05, 0) is 18.6 Å². The van der Waals surface area contributed by atoms with E-state index in [9.17, 15) is 8.42 Å². The standard InChI is InChI=1S/C13H21NO6S/c1-2-3-7-18-9-13(20-21(15,16)17)10-19-12-6-4-5-11(14)8-12/h4-6,8,13H,2-3,7,9-10,14H2,1H3,(H,15,16,17). The van der Waals surface area contributed by atoms with Gasteiger partial charge in [0.05, 0.1) is 6.61 Å². The van der Waals surface area contributed by atoms with Gasteiger partial charge in [0, 0.05) is 18.4 Å². The van der Waals surface area contributed by atoms with E-state index in [4.69, 9.17) is 19.8 Å². The zero-order valence-corrected chi connectivity index (χ0v) is 12.7. The van der Waals surface area contributed by atoms with E-state index in [0.29, 0.717) is 18.0 Å². The molecule has 0 spiro atoms. The van der Waals surface area contributed by atoms with E-state index < -0.39 is 16.5 Å². The van der Waals surface area contributed by atoms with Gasteiger partial charge in [-0.15, -0.1) is 0 Å². The van der Waals surface area contributed by atoms with Crippen LogP contribution in [-0.2, 0) is 19.3 Å². The van der Waals surface area contributed by atoms with Crippen molar-refractivity contribution in [3.8, 4) is 5.75 Å². The number of nitrogen functional groups attached to an aromatic ring is 1. The lowest BCUT2D eigenvalue weighted by Gasteiger charge is -2.16. The lowest BCUT2D eigenvalue weighted by atomic mass is 10.3. The molecule has 0 fully saturated rings. The van der Waals surface area contributed by atoms with E-state index in [1.54, 1.807) is 24.3 Å². The van der Waals surface area contributed by atoms with E-state index in [1.807, 2.05) is 6.92 Å². The van der Waals surface area contributed by atoms with Gasteiger partial charge in [0.2, 0.25) is 0 Å². The van der Waals surface area contributed by atoms with Crippen LogP contribution in [0.1, 0.15) is 19.8 Å². The molecule has 0 aliphatic heterocycles. The molecule has 1 atom stereocenters. The molecular weight excluding hydrogens is 298 g/mol. The molecule has 0 radical (unpaired) electrons. The summed E-state index contributed by atoms with van der Waals surface area (Å²) in [5, 5.41) is 0. The van der Waals surface area contributed by atoms with E-state index in [1.165, 1.54) is 0 Å². The normalized spacial score (nSPS) is 13.0. The minimum atomic E-state index is -4.56. The molecule has 120 valence electrons. The first kappa shape index (κ1) is 17.7. The van der Waals surface area contributed by atoms with Crippen molar-refractivity contribution < 1.29 is 26.6 Å². The molecular formula is C13H21NO6S. The van der Waals surface area contributed by atoms with Gasteiger partial charge >= 0.3 is 10.4 Å². The summed E-state index contributed by atoms with van der Waals surface area (Å²) >= 11 is 0. The highest BCUT2D eigenvalue weighted by molar-refractivity contribution is 7.80. The average molecular weight is 319 g/mol. The Bertz CT molecular complexity index is 519. The molecule has 1 aromatic rings. The third kappa shape index (κ3) is 8.51. The summed E-state index contributed by atoms with van der Waals surface area (Å²) < 4.78 is 45.5. The molecule has 3 N–H and O–H groups in total. The number of rotatable bonds is 10. The molecule has 1 aromatic carbocycles. The molecule has 0 aliphatic rings. The van der Waals surface area contributed by atoms with Crippen molar-refractivity contribution in [1.82, 2.24) is 0 Å². The first-order chi connectivity index (χ1) is 9.90. The second-order valence-electron chi connectivity index (χ2n) is 4.46. The number of hydrogen-bond donors (Lipinski definition) is 2. The molecule has 0 bridgehead atoms. The van der Waals surface area contributed by atoms with Crippen LogP contribution in [0.3, 0.4) is 0 Å². The highest BCUT2D eigenvalue weighted by Crippen LogP contribution is 2.15. The predicted octanol–water partition coefficient (Wildman–Crippen LogP) is 1.65. The Morgan fingerprint density at radius 1 is 1.33 bits per heavy atom. The Morgan fingerprint density at radius 3 is 2.71 bits per heavy atom. The quantitative estimate of drug-likeness (QED) is 0.383. The van der Waals surface area contributed by atoms with E-state index in [0.717, 1.165) is 12.8 Å². The number of benzene rings is 1. The number of anilines is 1. The first-order valence-corrected chi connectivity index (χ1v) is 7.99. The lowest BCUT2D eigenvalue weighted by molar-refractivity contribution is 0.0225. The molecule has 8 heteroatoms. The second kappa shape index (κ2) is 8.83. The molecule has 7 nitrogen and oxygen atoms in total. The Balaban J connectivity index is 2.51. The van der Waals surface area contributed by atoms with Gasteiger partial charge in [-0.2, -0.15) is 8.42 Å². The maximum absolute atomic E-state index is 10.8. The summed E-state index contributed by atoms with van der Waals surface area (Å²) in [4.78, 5) is 0. The predicted molar refractivity (Wildman–Crippen MR) is 78.5 cm³/mol.